The fraction of sp³-hybridized carbons (Fsp3) is 0.474. The summed E-state index contributed by atoms with van der Waals surface area (Å²) in [5.74, 6) is 0.775. The molecule has 2 heteroatoms. The SMILES string of the molecule is CC1CCCCC1N(C)c1ccc(CN)c2ccccc12. The lowest BCUT2D eigenvalue weighted by Crippen LogP contribution is -2.39. The van der Waals surface area contributed by atoms with Crippen molar-refractivity contribution in [3.63, 3.8) is 0 Å². The molecule has 0 heterocycles. The quantitative estimate of drug-likeness (QED) is 0.908. The van der Waals surface area contributed by atoms with Gasteiger partial charge in [0.25, 0.3) is 0 Å². The summed E-state index contributed by atoms with van der Waals surface area (Å²) in [6, 6.07) is 13.8. The highest BCUT2D eigenvalue weighted by Crippen LogP contribution is 2.35. The standard InChI is InChI=1S/C19H26N2/c1-14-7-3-6-10-18(14)21(2)19-12-11-15(13-20)16-8-4-5-9-17(16)19/h4-5,8-9,11-12,14,18H,3,6-7,10,13,20H2,1-2H3. The first-order chi connectivity index (χ1) is 10.2. The molecule has 0 aliphatic heterocycles. The molecule has 0 amide bonds. The number of fused-ring (bicyclic) bond motifs is 1. The second-order valence-corrected chi connectivity index (χ2v) is 6.43. The molecule has 1 aliphatic carbocycles. The van der Waals surface area contributed by atoms with Crippen molar-refractivity contribution < 1.29 is 0 Å². The highest BCUT2D eigenvalue weighted by Gasteiger charge is 2.26. The summed E-state index contributed by atoms with van der Waals surface area (Å²) < 4.78 is 0. The number of hydrogen-bond donors (Lipinski definition) is 1. The van der Waals surface area contributed by atoms with E-state index >= 15 is 0 Å². The maximum atomic E-state index is 5.89. The van der Waals surface area contributed by atoms with Crippen molar-refractivity contribution in [1.29, 1.82) is 0 Å². The lowest BCUT2D eigenvalue weighted by molar-refractivity contribution is 0.322. The Bertz CT molecular complexity index is 620. The van der Waals surface area contributed by atoms with E-state index in [0.717, 1.165) is 5.92 Å². The molecule has 1 aliphatic rings. The van der Waals surface area contributed by atoms with Gasteiger partial charge in [0.05, 0.1) is 0 Å². The summed E-state index contributed by atoms with van der Waals surface area (Å²) in [5, 5.41) is 2.63. The fourth-order valence-electron chi connectivity index (χ4n) is 3.88. The normalized spacial score (nSPS) is 22.4. The smallest absolute Gasteiger partial charge is 0.0446 e. The molecule has 0 saturated heterocycles. The zero-order chi connectivity index (χ0) is 14.8. The zero-order valence-electron chi connectivity index (χ0n) is 13.2. The van der Waals surface area contributed by atoms with Gasteiger partial charge in [-0.3, -0.25) is 0 Å². The number of hydrogen-bond acceptors (Lipinski definition) is 2. The summed E-state index contributed by atoms with van der Waals surface area (Å²) >= 11 is 0. The van der Waals surface area contributed by atoms with Crippen LogP contribution in [0.25, 0.3) is 10.8 Å². The van der Waals surface area contributed by atoms with Crippen molar-refractivity contribution in [2.75, 3.05) is 11.9 Å². The second-order valence-electron chi connectivity index (χ2n) is 6.43. The van der Waals surface area contributed by atoms with Crippen LogP contribution < -0.4 is 10.6 Å². The lowest BCUT2D eigenvalue weighted by atomic mass is 9.84. The molecule has 112 valence electrons. The van der Waals surface area contributed by atoms with Crippen molar-refractivity contribution in [2.24, 2.45) is 11.7 Å². The van der Waals surface area contributed by atoms with Crippen molar-refractivity contribution in [1.82, 2.24) is 0 Å². The third-order valence-corrected chi connectivity index (χ3v) is 5.15. The van der Waals surface area contributed by atoms with Crippen LogP contribution in [0.3, 0.4) is 0 Å². The highest BCUT2D eigenvalue weighted by atomic mass is 15.1. The minimum absolute atomic E-state index is 0.602. The third kappa shape index (κ3) is 2.65. The van der Waals surface area contributed by atoms with Gasteiger partial charge in [-0.1, -0.05) is 50.1 Å². The van der Waals surface area contributed by atoms with E-state index in [0.29, 0.717) is 12.6 Å². The Morgan fingerprint density at radius 2 is 1.76 bits per heavy atom. The summed E-state index contributed by atoms with van der Waals surface area (Å²) in [4.78, 5) is 2.51. The predicted molar refractivity (Wildman–Crippen MR) is 91.7 cm³/mol. The van der Waals surface area contributed by atoms with E-state index in [1.54, 1.807) is 0 Å². The molecule has 0 spiro atoms. The summed E-state index contributed by atoms with van der Waals surface area (Å²) in [6.07, 6.45) is 5.41. The van der Waals surface area contributed by atoms with Gasteiger partial charge in [-0.25, -0.2) is 0 Å². The van der Waals surface area contributed by atoms with Crippen LogP contribution in [0.5, 0.6) is 0 Å². The molecule has 2 unspecified atom stereocenters. The van der Waals surface area contributed by atoms with E-state index in [4.69, 9.17) is 5.73 Å². The van der Waals surface area contributed by atoms with Crippen LogP contribution in [0.2, 0.25) is 0 Å². The van der Waals surface area contributed by atoms with Crippen LogP contribution in [0, 0.1) is 5.92 Å². The highest BCUT2D eigenvalue weighted by molar-refractivity contribution is 5.96. The predicted octanol–water partition coefficient (Wildman–Crippen LogP) is 4.31. The van der Waals surface area contributed by atoms with Crippen molar-refractivity contribution in [2.45, 2.75) is 45.2 Å². The Morgan fingerprint density at radius 3 is 2.48 bits per heavy atom. The molecule has 0 radical (unpaired) electrons. The van der Waals surface area contributed by atoms with Gasteiger partial charge in [0.15, 0.2) is 0 Å². The fourth-order valence-corrected chi connectivity index (χ4v) is 3.88. The molecule has 21 heavy (non-hydrogen) atoms. The van der Waals surface area contributed by atoms with E-state index in [1.165, 1.54) is 47.7 Å². The number of benzene rings is 2. The summed E-state index contributed by atoms with van der Waals surface area (Å²) in [7, 11) is 2.26. The van der Waals surface area contributed by atoms with Crippen LogP contribution in [0.15, 0.2) is 36.4 Å². The Hall–Kier alpha value is -1.54. The first-order valence-electron chi connectivity index (χ1n) is 8.16. The molecule has 2 N–H and O–H groups in total. The number of nitrogens with two attached hydrogens (primary N) is 1. The Morgan fingerprint density at radius 1 is 1.05 bits per heavy atom. The van der Waals surface area contributed by atoms with Gasteiger partial charge in [0, 0.05) is 30.7 Å². The van der Waals surface area contributed by atoms with Crippen LogP contribution in [-0.4, -0.2) is 13.1 Å². The van der Waals surface area contributed by atoms with Gasteiger partial charge in [-0.15, -0.1) is 0 Å². The largest absolute Gasteiger partial charge is 0.371 e. The molecular weight excluding hydrogens is 256 g/mol. The van der Waals surface area contributed by atoms with Gasteiger partial charge in [0.2, 0.25) is 0 Å². The van der Waals surface area contributed by atoms with Crippen molar-refractivity contribution in [3.05, 3.63) is 42.0 Å². The van der Waals surface area contributed by atoms with Gasteiger partial charge < -0.3 is 10.6 Å². The van der Waals surface area contributed by atoms with Crippen LogP contribution in [-0.2, 0) is 6.54 Å². The first-order valence-corrected chi connectivity index (χ1v) is 8.16. The molecule has 0 aromatic heterocycles. The molecule has 2 nitrogen and oxygen atoms in total. The molecule has 2 aromatic rings. The number of rotatable bonds is 3. The maximum Gasteiger partial charge on any atom is 0.0446 e. The van der Waals surface area contributed by atoms with Crippen molar-refractivity contribution in [3.8, 4) is 0 Å². The lowest BCUT2D eigenvalue weighted by Gasteiger charge is -2.38. The topological polar surface area (TPSA) is 29.3 Å². The molecule has 2 aromatic carbocycles. The molecular formula is C19H26N2. The molecule has 1 fully saturated rings. The molecule has 0 bridgehead atoms. The minimum atomic E-state index is 0.602. The molecule has 1 saturated carbocycles. The average molecular weight is 282 g/mol. The van der Waals surface area contributed by atoms with E-state index in [-0.39, 0.29) is 0 Å². The summed E-state index contributed by atoms with van der Waals surface area (Å²) in [6.45, 7) is 3.00. The molecule has 2 atom stereocenters. The monoisotopic (exact) mass is 282 g/mol. The van der Waals surface area contributed by atoms with E-state index in [2.05, 4.69) is 55.3 Å². The zero-order valence-corrected chi connectivity index (χ0v) is 13.2. The Labute approximate surface area is 127 Å². The van der Waals surface area contributed by atoms with Crippen LogP contribution >= 0.6 is 0 Å². The second kappa shape index (κ2) is 6.07. The van der Waals surface area contributed by atoms with Gasteiger partial charge in [-0.2, -0.15) is 0 Å². The van der Waals surface area contributed by atoms with E-state index in [1.807, 2.05) is 0 Å². The van der Waals surface area contributed by atoms with Gasteiger partial charge in [0.1, 0.15) is 0 Å². The first kappa shape index (κ1) is 14.4. The van der Waals surface area contributed by atoms with E-state index < -0.39 is 0 Å². The Kier molecular flexibility index (Phi) is 4.16. The number of anilines is 1. The van der Waals surface area contributed by atoms with Crippen molar-refractivity contribution >= 4 is 16.5 Å². The van der Waals surface area contributed by atoms with Gasteiger partial charge in [-0.05, 0) is 35.8 Å². The minimum Gasteiger partial charge on any atom is -0.371 e. The molecule has 3 rings (SSSR count). The van der Waals surface area contributed by atoms with Gasteiger partial charge >= 0.3 is 0 Å². The van der Waals surface area contributed by atoms with Crippen LogP contribution in [0.4, 0.5) is 5.69 Å². The van der Waals surface area contributed by atoms with Crippen LogP contribution in [0.1, 0.15) is 38.2 Å². The third-order valence-electron chi connectivity index (χ3n) is 5.15. The number of nitrogens with zero attached hydrogens (tertiary/aromatic N) is 1. The maximum absolute atomic E-state index is 5.89. The average Bonchev–Trinajstić information content (AvgIpc) is 2.53. The Balaban J connectivity index is 2.04. The summed E-state index contributed by atoms with van der Waals surface area (Å²) in [5.41, 5.74) is 8.48. The van der Waals surface area contributed by atoms with E-state index in [9.17, 15) is 0 Å².